The highest BCUT2D eigenvalue weighted by Crippen LogP contribution is 2.21. The molecule has 0 amide bonds. The SMILES string of the molecule is Cc1cc(OC2CCCN(S(=O)(=O)N3CCOCC3)C2)nc(C)n1. The summed E-state index contributed by atoms with van der Waals surface area (Å²) in [5.74, 6) is 1.16. The maximum atomic E-state index is 12.8. The van der Waals surface area contributed by atoms with Gasteiger partial charge in [0, 0.05) is 31.4 Å². The van der Waals surface area contributed by atoms with E-state index in [1.54, 1.807) is 6.07 Å². The summed E-state index contributed by atoms with van der Waals surface area (Å²) in [6.07, 6.45) is 1.40. The summed E-state index contributed by atoms with van der Waals surface area (Å²) in [6, 6.07) is 1.78. The van der Waals surface area contributed by atoms with Crippen LogP contribution in [0, 0.1) is 13.8 Å². The first-order valence-corrected chi connectivity index (χ1v) is 9.67. The number of hydrogen-bond acceptors (Lipinski definition) is 6. The molecule has 2 aliphatic heterocycles. The van der Waals surface area contributed by atoms with Gasteiger partial charge in [-0.25, -0.2) is 4.98 Å². The molecular weight excluding hydrogens is 332 g/mol. The van der Waals surface area contributed by atoms with Crippen molar-refractivity contribution in [3.05, 3.63) is 17.6 Å². The van der Waals surface area contributed by atoms with Crippen LogP contribution in [0.1, 0.15) is 24.4 Å². The van der Waals surface area contributed by atoms with Gasteiger partial charge in [-0.05, 0) is 26.7 Å². The number of ether oxygens (including phenoxy) is 2. The first-order chi connectivity index (χ1) is 11.4. The van der Waals surface area contributed by atoms with Gasteiger partial charge in [-0.3, -0.25) is 0 Å². The predicted molar refractivity (Wildman–Crippen MR) is 88.0 cm³/mol. The van der Waals surface area contributed by atoms with Crippen molar-refractivity contribution < 1.29 is 17.9 Å². The normalized spacial score (nSPS) is 24.0. The van der Waals surface area contributed by atoms with Crippen LogP contribution in [0.3, 0.4) is 0 Å². The highest BCUT2D eigenvalue weighted by atomic mass is 32.2. The molecule has 134 valence electrons. The zero-order chi connectivity index (χ0) is 17.2. The Morgan fingerprint density at radius 3 is 2.62 bits per heavy atom. The van der Waals surface area contributed by atoms with E-state index in [4.69, 9.17) is 9.47 Å². The minimum absolute atomic E-state index is 0.191. The summed E-state index contributed by atoms with van der Waals surface area (Å²) in [4.78, 5) is 8.50. The van der Waals surface area contributed by atoms with Gasteiger partial charge in [0.1, 0.15) is 11.9 Å². The van der Waals surface area contributed by atoms with Crippen LogP contribution in [-0.4, -0.2) is 72.5 Å². The Kier molecular flexibility index (Phi) is 5.33. The summed E-state index contributed by atoms with van der Waals surface area (Å²) in [5.41, 5.74) is 0.839. The molecule has 0 aromatic carbocycles. The van der Waals surface area contributed by atoms with Crippen molar-refractivity contribution in [3.8, 4) is 5.88 Å². The van der Waals surface area contributed by atoms with Crippen molar-refractivity contribution in [2.45, 2.75) is 32.8 Å². The molecule has 3 rings (SSSR count). The van der Waals surface area contributed by atoms with E-state index in [0.717, 1.165) is 18.5 Å². The number of morpholine rings is 1. The van der Waals surface area contributed by atoms with Gasteiger partial charge in [-0.1, -0.05) is 0 Å². The molecule has 0 spiro atoms. The Hall–Kier alpha value is -1.29. The largest absolute Gasteiger partial charge is 0.473 e. The average molecular weight is 356 g/mol. The predicted octanol–water partition coefficient (Wildman–Crippen LogP) is 0.514. The maximum absolute atomic E-state index is 12.8. The third-order valence-corrected chi connectivity index (χ3v) is 6.20. The van der Waals surface area contributed by atoms with Crippen molar-refractivity contribution in [3.63, 3.8) is 0 Å². The smallest absolute Gasteiger partial charge is 0.282 e. The second-order valence-corrected chi connectivity index (χ2v) is 8.08. The van der Waals surface area contributed by atoms with Gasteiger partial charge in [0.25, 0.3) is 10.2 Å². The van der Waals surface area contributed by atoms with Gasteiger partial charge in [0.05, 0.1) is 19.8 Å². The fourth-order valence-electron chi connectivity index (χ4n) is 3.07. The molecule has 2 saturated heterocycles. The highest BCUT2D eigenvalue weighted by Gasteiger charge is 2.35. The van der Waals surface area contributed by atoms with Crippen molar-refractivity contribution in [2.24, 2.45) is 0 Å². The number of nitrogens with zero attached hydrogens (tertiary/aromatic N) is 4. The second kappa shape index (κ2) is 7.30. The van der Waals surface area contributed by atoms with Crippen LogP contribution in [0.5, 0.6) is 5.88 Å². The van der Waals surface area contributed by atoms with Crippen LogP contribution in [0.4, 0.5) is 0 Å². The van der Waals surface area contributed by atoms with Gasteiger partial charge in [-0.2, -0.15) is 22.0 Å². The van der Waals surface area contributed by atoms with Crippen LogP contribution >= 0.6 is 0 Å². The van der Waals surface area contributed by atoms with E-state index in [1.165, 1.54) is 8.61 Å². The van der Waals surface area contributed by atoms with Crippen molar-refractivity contribution in [2.75, 3.05) is 39.4 Å². The first-order valence-electron chi connectivity index (χ1n) is 8.27. The third kappa shape index (κ3) is 4.02. The topological polar surface area (TPSA) is 84.9 Å². The molecule has 1 aromatic rings. The Balaban J connectivity index is 1.67. The molecule has 24 heavy (non-hydrogen) atoms. The molecule has 1 aromatic heterocycles. The van der Waals surface area contributed by atoms with Gasteiger partial charge >= 0.3 is 0 Å². The van der Waals surface area contributed by atoms with Crippen LogP contribution in [0.25, 0.3) is 0 Å². The first kappa shape index (κ1) is 17.5. The molecule has 2 fully saturated rings. The molecular formula is C15H24N4O4S. The summed E-state index contributed by atoms with van der Waals surface area (Å²) in [5, 5.41) is 0. The molecule has 1 atom stereocenters. The van der Waals surface area contributed by atoms with E-state index in [9.17, 15) is 8.42 Å². The average Bonchev–Trinajstić information content (AvgIpc) is 2.55. The van der Waals surface area contributed by atoms with Gasteiger partial charge < -0.3 is 9.47 Å². The maximum Gasteiger partial charge on any atom is 0.282 e. The lowest BCUT2D eigenvalue weighted by Gasteiger charge is -2.36. The molecule has 0 aliphatic carbocycles. The van der Waals surface area contributed by atoms with Crippen molar-refractivity contribution in [1.82, 2.24) is 18.6 Å². The molecule has 0 N–H and O–H groups in total. The highest BCUT2D eigenvalue weighted by molar-refractivity contribution is 7.86. The molecule has 8 nitrogen and oxygen atoms in total. The summed E-state index contributed by atoms with van der Waals surface area (Å²) >= 11 is 0. The number of aryl methyl sites for hydroxylation is 2. The summed E-state index contributed by atoms with van der Waals surface area (Å²) < 4.78 is 39.7. The molecule has 1 unspecified atom stereocenters. The Bertz CT molecular complexity index is 656. The van der Waals surface area contributed by atoms with E-state index in [2.05, 4.69) is 9.97 Å². The second-order valence-electron chi connectivity index (χ2n) is 6.15. The number of hydrogen-bond donors (Lipinski definition) is 0. The molecule has 2 aliphatic rings. The van der Waals surface area contributed by atoms with Crippen LogP contribution in [0.15, 0.2) is 6.07 Å². The minimum Gasteiger partial charge on any atom is -0.473 e. The number of aromatic nitrogens is 2. The van der Waals surface area contributed by atoms with E-state index < -0.39 is 10.2 Å². The minimum atomic E-state index is -3.45. The van der Waals surface area contributed by atoms with Gasteiger partial charge in [0.2, 0.25) is 5.88 Å². The van der Waals surface area contributed by atoms with Gasteiger partial charge in [0.15, 0.2) is 0 Å². The quantitative estimate of drug-likeness (QED) is 0.782. The van der Waals surface area contributed by atoms with Crippen molar-refractivity contribution >= 4 is 10.2 Å². The summed E-state index contributed by atoms with van der Waals surface area (Å²) in [7, 11) is -3.45. The van der Waals surface area contributed by atoms with Gasteiger partial charge in [-0.15, -0.1) is 0 Å². The summed E-state index contributed by atoms with van der Waals surface area (Å²) in [6.45, 7) is 6.30. The van der Waals surface area contributed by atoms with Crippen molar-refractivity contribution in [1.29, 1.82) is 0 Å². The fourth-order valence-corrected chi connectivity index (χ4v) is 4.72. The lowest BCUT2D eigenvalue weighted by molar-refractivity contribution is 0.0663. The van der Waals surface area contributed by atoms with E-state index in [0.29, 0.717) is 51.1 Å². The number of rotatable bonds is 4. The molecule has 0 radical (unpaired) electrons. The molecule has 0 bridgehead atoms. The zero-order valence-electron chi connectivity index (χ0n) is 14.1. The zero-order valence-corrected chi connectivity index (χ0v) is 15.0. The van der Waals surface area contributed by atoms with E-state index in [-0.39, 0.29) is 6.10 Å². The molecule has 0 saturated carbocycles. The fraction of sp³-hybridized carbons (Fsp3) is 0.733. The number of piperidine rings is 1. The van der Waals surface area contributed by atoms with Crippen LogP contribution < -0.4 is 4.74 Å². The Morgan fingerprint density at radius 2 is 1.92 bits per heavy atom. The Morgan fingerprint density at radius 1 is 1.17 bits per heavy atom. The lowest BCUT2D eigenvalue weighted by Crippen LogP contribution is -2.53. The lowest BCUT2D eigenvalue weighted by atomic mass is 10.1. The monoisotopic (exact) mass is 356 g/mol. The third-order valence-electron chi connectivity index (χ3n) is 4.19. The van der Waals surface area contributed by atoms with Crippen LogP contribution in [0.2, 0.25) is 0 Å². The molecule has 9 heteroatoms. The van der Waals surface area contributed by atoms with E-state index >= 15 is 0 Å². The van der Waals surface area contributed by atoms with E-state index in [1.807, 2.05) is 13.8 Å². The van der Waals surface area contributed by atoms with Crippen LogP contribution in [-0.2, 0) is 14.9 Å². The Labute approximate surface area is 143 Å². The standard InChI is InChI=1S/C15H24N4O4S/c1-12-10-15(17-13(2)16-12)23-14-4-3-5-19(11-14)24(20,21)18-6-8-22-9-7-18/h10,14H,3-9,11H2,1-2H3. The molecule has 3 heterocycles.